The fourth-order valence-corrected chi connectivity index (χ4v) is 5.38. The zero-order chi connectivity index (χ0) is 24.6. The molecule has 5 rings (SSSR count). The number of pyridine rings is 1. The second kappa shape index (κ2) is 9.43. The Kier molecular flexibility index (Phi) is 6.33. The molecule has 2 N–H and O–H groups in total. The molecule has 4 aromatic rings. The molecule has 3 heterocycles. The SMILES string of the molecule is O=c1n(C(c2ccnc3ccccc23)C2CCCNC2)cc(O)n1-c1ccc(SC(F)(F)F)cc1. The van der Waals surface area contributed by atoms with Gasteiger partial charge in [0.25, 0.3) is 0 Å². The van der Waals surface area contributed by atoms with Crippen molar-refractivity contribution in [2.75, 3.05) is 13.1 Å². The van der Waals surface area contributed by atoms with Crippen LogP contribution in [-0.4, -0.2) is 37.8 Å². The lowest BCUT2D eigenvalue weighted by Crippen LogP contribution is -2.39. The number of piperidine rings is 1. The van der Waals surface area contributed by atoms with E-state index in [0.29, 0.717) is 6.54 Å². The highest BCUT2D eigenvalue weighted by Crippen LogP contribution is 2.38. The molecule has 0 bridgehead atoms. The Hall–Kier alpha value is -3.24. The van der Waals surface area contributed by atoms with E-state index < -0.39 is 11.2 Å². The van der Waals surface area contributed by atoms with Crippen LogP contribution in [0, 0.1) is 5.92 Å². The van der Waals surface area contributed by atoms with Gasteiger partial charge in [-0.15, -0.1) is 0 Å². The summed E-state index contributed by atoms with van der Waals surface area (Å²) in [4.78, 5) is 18.1. The maximum Gasteiger partial charge on any atom is 0.446 e. The summed E-state index contributed by atoms with van der Waals surface area (Å²) in [5, 5.41) is 15.1. The number of rotatable bonds is 5. The van der Waals surface area contributed by atoms with E-state index in [-0.39, 0.29) is 40.2 Å². The van der Waals surface area contributed by atoms with Crippen LogP contribution in [0.4, 0.5) is 13.2 Å². The molecule has 0 amide bonds. The van der Waals surface area contributed by atoms with E-state index in [1.54, 1.807) is 6.20 Å². The maximum absolute atomic E-state index is 13.6. The molecule has 0 saturated carbocycles. The molecule has 1 aliphatic rings. The topological polar surface area (TPSA) is 72.1 Å². The van der Waals surface area contributed by atoms with Crippen molar-refractivity contribution >= 4 is 22.7 Å². The Morgan fingerprint density at radius 3 is 2.60 bits per heavy atom. The van der Waals surface area contributed by atoms with Gasteiger partial charge in [-0.3, -0.25) is 9.55 Å². The number of fused-ring (bicyclic) bond motifs is 1. The first-order valence-electron chi connectivity index (χ1n) is 11.3. The molecule has 0 spiro atoms. The van der Waals surface area contributed by atoms with Gasteiger partial charge in [0.1, 0.15) is 0 Å². The minimum Gasteiger partial charge on any atom is -0.493 e. The summed E-state index contributed by atoms with van der Waals surface area (Å²) in [6.45, 7) is 1.62. The number of hydrogen-bond donors (Lipinski definition) is 2. The summed E-state index contributed by atoms with van der Waals surface area (Å²) >= 11 is -0.228. The number of hydrogen-bond acceptors (Lipinski definition) is 5. The van der Waals surface area contributed by atoms with E-state index in [9.17, 15) is 23.1 Å². The van der Waals surface area contributed by atoms with Crippen LogP contribution >= 0.6 is 11.8 Å². The van der Waals surface area contributed by atoms with Gasteiger partial charge < -0.3 is 10.4 Å². The lowest BCUT2D eigenvalue weighted by atomic mass is 9.85. The molecule has 182 valence electrons. The van der Waals surface area contributed by atoms with E-state index in [0.717, 1.165) is 40.4 Å². The Morgan fingerprint density at radius 2 is 1.89 bits per heavy atom. The molecule has 2 unspecified atom stereocenters. The van der Waals surface area contributed by atoms with Crippen LogP contribution in [-0.2, 0) is 0 Å². The van der Waals surface area contributed by atoms with Crippen molar-refractivity contribution < 1.29 is 18.3 Å². The van der Waals surface area contributed by atoms with Crippen molar-refractivity contribution in [3.8, 4) is 11.6 Å². The number of aromatic nitrogens is 3. The summed E-state index contributed by atoms with van der Waals surface area (Å²) in [6.07, 6.45) is 5.00. The van der Waals surface area contributed by atoms with Crippen molar-refractivity contribution in [3.05, 3.63) is 83.0 Å². The average Bonchev–Trinajstić information content (AvgIpc) is 3.13. The quantitative estimate of drug-likeness (QED) is 0.374. The molecular weight excluding hydrogens is 477 g/mol. The van der Waals surface area contributed by atoms with E-state index in [4.69, 9.17) is 0 Å². The number of imidazole rings is 1. The second-order valence-corrected chi connectivity index (χ2v) is 9.66. The maximum atomic E-state index is 13.6. The molecule has 2 aromatic carbocycles. The molecule has 6 nitrogen and oxygen atoms in total. The van der Waals surface area contributed by atoms with Crippen LogP contribution in [0.3, 0.4) is 0 Å². The van der Waals surface area contributed by atoms with E-state index in [1.165, 1.54) is 35.0 Å². The van der Waals surface area contributed by atoms with Gasteiger partial charge in [0, 0.05) is 23.0 Å². The van der Waals surface area contributed by atoms with Gasteiger partial charge in [0.15, 0.2) is 0 Å². The third-order valence-electron chi connectivity index (χ3n) is 6.31. The molecule has 0 aliphatic carbocycles. The van der Waals surface area contributed by atoms with Crippen LogP contribution in [0.15, 0.2) is 76.7 Å². The summed E-state index contributed by atoms with van der Waals surface area (Å²) in [5.74, 6) is -0.188. The van der Waals surface area contributed by atoms with Crippen molar-refractivity contribution in [1.29, 1.82) is 0 Å². The van der Waals surface area contributed by atoms with E-state index in [2.05, 4.69) is 10.3 Å². The summed E-state index contributed by atoms with van der Waals surface area (Å²) in [7, 11) is 0. The summed E-state index contributed by atoms with van der Waals surface area (Å²) < 4.78 is 40.7. The van der Waals surface area contributed by atoms with Gasteiger partial charge in [-0.05, 0) is 79.0 Å². The van der Waals surface area contributed by atoms with Gasteiger partial charge in [0.05, 0.1) is 23.4 Å². The standard InChI is InChI=1S/C25H23F3N4O2S/c26-25(27,28)35-18-9-7-17(8-10-18)32-22(33)15-31(24(32)34)23(16-4-3-12-29-14-16)20-11-13-30-21-6-2-1-5-19(20)21/h1-2,5-11,13,15-16,23,29,33H,3-4,12,14H2. The van der Waals surface area contributed by atoms with Crippen LogP contribution in [0.5, 0.6) is 5.88 Å². The predicted molar refractivity (Wildman–Crippen MR) is 129 cm³/mol. The molecule has 1 fully saturated rings. The van der Waals surface area contributed by atoms with E-state index >= 15 is 0 Å². The number of para-hydroxylation sites is 1. The van der Waals surface area contributed by atoms with Crippen LogP contribution in [0.25, 0.3) is 16.6 Å². The van der Waals surface area contributed by atoms with Gasteiger partial charge >= 0.3 is 11.2 Å². The zero-order valence-corrected chi connectivity index (χ0v) is 19.4. The monoisotopic (exact) mass is 500 g/mol. The molecule has 2 atom stereocenters. The minimum atomic E-state index is -4.40. The second-order valence-electron chi connectivity index (χ2n) is 8.52. The fourth-order valence-electron chi connectivity index (χ4n) is 4.84. The molecule has 10 heteroatoms. The number of halogens is 3. The van der Waals surface area contributed by atoms with Crippen LogP contribution < -0.4 is 11.0 Å². The van der Waals surface area contributed by atoms with Gasteiger partial charge in [-0.1, -0.05) is 18.2 Å². The molecule has 35 heavy (non-hydrogen) atoms. The molecule has 1 aliphatic heterocycles. The first-order chi connectivity index (χ1) is 16.8. The third kappa shape index (κ3) is 4.81. The Balaban J connectivity index is 1.61. The van der Waals surface area contributed by atoms with Gasteiger partial charge in [-0.2, -0.15) is 13.2 Å². The number of benzene rings is 2. The molecular formula is C25H23F3N4O2S. The minimum absolute atomic E-state index is 0.00244. The number of aromatic hydroxyl groups is 1. The van der Waals surface area contributed by atoms with Gasteiger partial charge in [0.2, 0.25) is 5.88 Å². The molecule has 1 saturated heterocycles. The lowest BCUT2D eigenvalue weighted by molar-refractivity contribution is -0.0328. The van der Waals surface area contributed by atoms with Gasteiger partial charge in [-0.25, -0.2) is 9.36 Å². The highest BCUT2D eigenvalue weighted by molar-refractivity contribution is 8.00. The first kappa shape index (κ1) is 23.5. The number of thioether (sulfide) groups is 1. The Bertz CT molecular complexity index is 1390. The lowest BCUT2D eigenvalue weighted by Gasteiger charge is -2.32. The van der Waals surface area contributed by atoms with Crippen molar-refractivity contribution in [2.45, 2.75) is 29.3 Å². The predicted octanol–water partition coefficient (Wildman–Crippen LogP) is 5.09. The Labute approximate surface area is 203 Å². The van der Waals surface area contributed by atoms with Crippen molar-refractivity contribution in [1.82, 2.24) is 19.4 Å². The highest BCUT2D eigenvalue weighted by Gasteiger charge is 2.31. The molecule has 2 aromatic heterocycles. The number of nitrogens with one attached hydrogen (secondary N) is 1. The first-order valence-corrected chi connectivity index (χ1v) is 12.1. The Morgan fingerprint density at radius 1 is 1.11 bits per heavy atom. The molecule has 0 radical (unpaired) electrons. The summed E-state index contributed by atoms with van der Waals surface area (Å²) in [6, 6.07) is 14.6. The largest absolute Gasteiger partial charge is 0.493 e. The smallest absolute Gasteiger partial charge is 0.446 e. The summed E-state index contributed by atoms with van der Waals surface area (Å²) in [5.41, 5.74) is -2.83. The van der Waals surface area contributed by atoms with Crippen LogP contribution in [0.2, 0.25) is 0 Å². The normalized spacial score (nSPS) is 17.5. The zero-order valence-electron chi connectivity index (χ0n) is 18.6. The fraction of sp³-hybridized carbons (Fsp3) is 0.280. The van der Waals surface area contributed by atoms with E-state index in [1.807, 2.05) is 30.3 Å². The van der Waals surface area contributed by atoms with Crippen molar-refractivity contribution in [3.63, 3.8) is 0 Å². The van der Waals surface area contributed by atoms with Crippen molar-refractivity contribution in [2.24, 2.45) is 5.92 Å². The van der Waals surface area contributed by atoms with Crippen LogP contribution in [0.1, 0.15) is 24.4 Å². The number of nitrogens with zero attached hydrogens (tertiary/aromatic N) is 3. The highest BCUT2D eigenvalue weighted by atomic mass is 32.2. The number of alkyl halides is 3. The average molecular weight is 501 g/mol. The third-order valence-corrected chi connectivity index (χ3v) is 7.05.